The minimum atomic E-state index is -1.27. The number of aromatic hydroxyl groups is 1. The van der Waals surface area contributed by atoms with Gasteiger partial charge in [0.15, 0.2) is 0 Å². The van der Waals surface area contributed by atoms with E-state index in [-0.39, 0.29) is 24.3 Å². The van der Waals surface area contributed by atoms with E-state index >= 15 is 0 Å². The summed E-state index contributed by atoms with van der Waals surface area (Å²) < 4.78 is 5.17. The third-order valence-electron chi connectivity index (χ3n) is 4.09. The summed E-state index contributed by atoms with van der Waals surface area (Å²) in [5.41, 5.74) is 1.61. The van der Waals surface area contributed by atoms with Crippen LogP contribution < -0.4 is 0 Å². The fourth-order valence-electron chi connectivity index (χ4n) is 2.82. The molecule has 0 fully saturated rings. The third-order valence-corrected chi connectivity index (χ3v) is 4.09. The van der Waals surface area contributed by atoms with Crippen molar-refractivity contribution in [1.82, 2.24) is 0 Å². The second-order valence-electron chi connectivity index (χ2n) is 6.11. The Bertz CT molecular complexity index is 610. The average molecular weight is 336 g/mol. The number of hydrogen-bond acceptors (Lipinski definition) is 6. The van der Waals surface area contributed by atoms with Gasteiger partial charge >= 0.3 is 5.97 Å². The number of rotatable bonds is 0. The van der Waals surface area contributed by atoms with Crippen LogP contribution in [-0.2, 0) is 11.2 Å². The molecule has 0 amide bonds. The molecule has 3 unspecified atom stereocenters. The molecule has 1 heterocycles. The van der Waals surface area contributed by atoms with E-state index in [4.69, 9.17) is 4.74 Å². The molecule has 2 rings (SSSR count). The molecule has 24 heavy (non-hydrogen) atoms. The summed E-state index contributed by atoms with van der Waals surface area (Å²) in [4.78, 5) is 12.2. The molecular formula is C18H24O6. The van der Waals surface area contributed by atoms with Gasteiger partial charge < -0.3 is 25.2 Å². The first kappa shape index (κ1) is 18.4. The Kier molecular flexibility index (Phi) is 6.36. The normalized spacial score (nSPS) is 27.7. The number of cyclic esters (lactones) is 1. The highest BCUT2D eigenvalue weighted by atomic mass is 16.5. The number of carbonyl (C=O) groups excluding carboxylic acids is 1. The standard InChI is InChI=1S/C18H24O6/c1-11-9-12-5-4-7-14(20)17(22)13(19)6-2-3-8-24-18(23)16(12)15(21)10-11/h2,6,9-10,13-14,17,19-22H,3-5,7-8H2,1H3/b6-2-. The zero-order valence-corrected chi connectivity index (χ0v) is 13.7. The van der Waals surface area contributed by atoms with Gasteiger partial charge in [-0.3, -0.25) is 0 Å². The van der Waals surface area contributed by atoms with E-state index in [0.717, 1.165) is 5.56 Å². The van der Waals surface area contributed by atoms with E-state index in [1.807, 2.05) is 6.92 Å². The molecule has 0 aromatic heterocycles. The topological polar surface area (TPSA) is 107 Å². The Labute approximate surface area is 141 Å². The predicted octanol–water partition coefficient (Wildman–Crippen LogP) is 1.22. The van der Waals surface area contributed by atoms with Crippen molar-refractivity contribution in [3.05, 3.63) is 41.0 Å². The molecule has 1 aliphatic heterocycles. The summed E-state index contributed by atoms with van der Waals surface area (Å²) in [5, 5.41) is 39.8. The molecule has 1 aliphatic rings. The van der Waals surface area contributed by atoms with E-state index in [1.165, 1.54) is 12.1 Å². The van der Waals surface area contributed by atoms with Gasteiger partial charge in [0, 0.05) is 0 Å². The Morgan fingerprint density at radius 1 is 1.21 bits per heavy atom. The van der Waals surface area contributed by atoms with Gasteiger partial charge in [0.2, 0.25) is 0 Å². The van der Waals surface area contributed by atoms with Crippen molar-refractivity contribution < 1.29 is 30.0 Å². The van der Waals surface area contributed by atoms with Gasteiger partial charge in [-0.05, 0) is 49.8 Å². The van der Waals surface area contributed by atoms with Crippen LogP contribution >= 0.6 is 0 Å². The van der Waals surface area contributed by atoms with Gasteiger partial charge in [-0.1, -0.05) is 18.2 Å². The number of aryl methyl sites for hydroxylation is 2. The Morgan fingerprint density at radius 2 is 1.96 bits per heavy atom. The summed E-state index contributed by atoms with van der Waals surface area (Å²) in [6.07, 6.45) is 0.990. The van der Waals surface area contributed by atoms with Gasteiger partial charge in [0.1, 0.15) is 23.5 Å². The van der Waals surface area contributed by atoms with Crippen LogP contribution in [0.25, 0.3) is 0 Å². The Balaban J connectivity index is 2.26. The van der Waals surface area contributed by atoms with Gasteiger partial charge in [-0.2, -0.15) is 0 Å². The van der Waals surface area contributed by atoms with Crippen molar-refractivity contribution in [2.24, 2.45) is 0 Å². The third kappa shape index (κ3) is 4.56. The van der Waals surface area contributed by atoms with Crippen molar-refractivity contribution >= 4 is 5.97 Å². The minimum Gasteiger partial charge on any atom is -0.507 e. The van der Waals surface area contributed by atoms with Crippen LogP contribution in [0.2, 0.25) is 0 Å². The lowest BCUT2D eigenvalue weighted by atomic mass is 9.95. The van der Waals surface area contributed by atoms with Crippen molar-refractivity contribution in [3.8, 4) is 5.75 Å². The predicted molar refractivity (Wildman–Crippen MR) is 87.8 cm³/mol. The summed E-state index contributed by atoms with van der Waals surface area (Å²) >= 11 is 0. The number of aliphatic hydroxyl groups is 3. The first-order chi connectivity index (χ1) is 11.4. The maximum absolute atomic E-state index is 12.2. The molecule has 0 saturated carbocycles. The van der Waals surface area contributed by atoms with E-state index in [0.29, 0.717) is 24.8 Å². The van der Waals surface area contributed by atoms with E-state index in [2.05, 4.69) is 0 Å². The highest BCUT2D eigenvalue weighted by Crippen LogP contribution is 2.26. The molecule has 4 N–H and O–H groups in total. The lowest BCUT2D eigenvalue weighted by Crippen LogP contribution is -2.36. The van der Waals surface area contributed by atoms with Gasteiger partial charge in [-0.25, -0.2) is 4.79 Å². The molecule has 0 aliphatic carbocycles. The van der Waals surface area contributed by atoms with Crippen LogP contribution in [0.3, 0.4) is 0 Å². The number of aliphatic hydroxyl groups excluding tert-OH is 3. The number of fused-ring (bicyclic) bond motifs is 1. The van der Waals surface area contributed by atoms with Crippen molar-refractivity contribution in [2.75, 3.05) is 6.61 Å². The van der Waals surface area contributed by atoms with Crippen LogP contribution in [-0.4, -0.2) is 51.3 Å². The zero-order chi connectivity index (χ0) is 17.7. The number of hydrogen-bond donors (Lipinski definition) is 4. The minimum absolute atomic E-state index is 0.0907. The second kappa shape index (κ2) is 8.28. The molecule has 0 saturated heterocycles. The molecule has 6 heteroatoms. The largest absolute Gasteiger partial charge is 0.507 e. The summed E-state index contributed by atoms with van der Waals surface area (Å²) in [6, 6.07) is 3.32. The second-order valence-corrected chi connectivity index (χ2v) is 6.11. The van der Waals surface area contributed by atoms with Gasteiger partial charge in [0.25, 0.3) is 0 Å². The fraction of sp³-hybridized carbons (Fsp3) is 0.500. The Hall–Kier alpha value is -1.89. The molecule has 0 bridgehead atoms. The fourth-order valence-corrected chi connectivity index (χ4v) is 2.82. The van der Waals surface area contributed by atoms with Crippen LogP contribution in [0.15, 0.2) is 24.3 Å². The molecule has 132 valence electrons. The number of esters is 1. The molecule has 0 radical (unpaired) electrons. The van der Waals surface area contributed by atoms with Crippen molar-refractivity contribution in [2.45, 2.75) is 50.9 Å². The Morgan fingerprint density at radius 3 is 2.71 bits per heavy atom. The molecule has 1 aromatic carbocycles. The van der Waals surface area contributed by atoms with Gasteiger partial charge in [-0.15, -0.1) is 0 Å². The van der Waals surface area contributed by atoms with Gasteiger partial charge in [0.05, 0.1) is 12.7 Å². The smallest absolute Gasteiger partial charge is 0.342 e. The summed E-state index contributed by atoms with van der Waals surface area (Å²) in [7, 11) is 0. The van der Waals surface area contributed by atoms with Crippen LogP contribution in [0.5, 0.6) is 5.75 Å². The number of ether oxygens (including phenoxy) is 1. The summed E-state index contributed by atoms with van der Waals surface area (Å²) in [5.74, 6) is -0.706. The van der Waals surface area contributed by atoms with Crippen LogP contribution in [0.4, 0.5) is 0 Å². The quantitative estimate of drug-likeness (QED) is 0.419. The number of carbonyl (C=O) groups is 1. The van der Waals surface area contributed by atoms with Crippen LogP contribution in [0.1, 0.15) is 40.7 Å². The molecule has 1 aromatic rings. The highest BCUT2D eigenvalue weighted by Gasteiger charge is 2.24. The first-order valence-corrected chi connectivity index (χ1v) is 8.10. The van der Waals surface area contributed by atoms with E-state index in [9.17, 15) is 25.2 Å². The molecule has 0 spiro atoms. The van der Waals surface area contributed by atoms with E-state index in [1.54, 1.807) is 12.1 Å². The van der Waals surface area contributed by atoms with E-state index < -0.39 is 24.3 Å². The van der Waals surface area contributed by atoms with Crippen molar-refractivity contribution in [3.63, 3.8) is 0 Å². The highest BCUT2D eigenvalue weighted by molar-refractivity contribution is 5.94. The maximum atomic E-state index is 12.2. The summed E-state index contributed by atoms with van der Waals surface area (Å²) in [6.45, 7) is 1.91. The lowest BCUT2D eigenvalue weighted by Gasteiger charge is -2.21. The average Bonchev–Trinajstić information content (AvgIpc) is 2.51. The molecule has 3 atom stereocenters. The molecule has 6 nitrogen and oxygen atoms in total. The number of phenolic OH excluding ortho intramolecular Hbond substituents is 1. The number of phenols is 1. The van der Waals surface area contributed by atoms with Crippen molar-refractivity contribution in [1.29, 1.82) is 0 Å². The lowest BCUT2D eigenvalue weighted by molar-refractivity contribution is -0.0446. The molecular weight excluding hydrogens is 312 g/mol. The SMILES string of the molecule is Cc1cc(O)c2c(c1)CCCC(O)C(O)C(O)/C=C\CCOC2=O. The zero-order valence-electron chi connectivity index (χ0n) is 13.7. The van der Waals surface area contributed by atoms with Crippen LogP contribution in [0, 0.1) is 6.92 Å². The maximum Gasteiger partial charge on any atom is 0.342 e. The first-order valence-electron chi connectivity index (χ1n) is 8.10. The number of benzene rings is 1. The monoisotopic (exact) mass is 336 g/mol.